The number of carboxylic acid groups (broad SMARTS) is 1. The van der Waals surface area contributed by atoms with Gasteiger partial charge in [-0.25, -0.2) is 4.79 Å². The molecule has 5 nitrogen and oxygen atoms in total. The minimum absolute atomic E-state index is 0.0727. The first-order chi connectivity index (χ1) is 10.5. The fourth-order valence-corrected chi connectivity index (χ4v) is 3.35. The van der Waals surface area contributed by atoms with Crippen molar-refractivity contribution in [1.82, 2.24) is 4.90 Å². The van der Waals surface area contributed by atoms with Crippen LogP contribution in [0.4, 0.5) is 0 Å². The molecular weight excluding hydrogens is 302 g/mol. The van der Waals surface area contributed by atoms with E-state index >= 15 is 0 Å². The summed E-state index contributed by atoms with van der Waals surface area (Å²) in [7, 11) is 0. The van der Waals surface area contributed by atoms with Gasteiger partial charge in [-0.05, 0) is 12.8 Å². The Balaban J connectivity index is 1.89. The molecular formula is C16H19NO4S. The molecule has 2 rings (SSSR count). The van der Waals surface area contributed by atoms with E-state index in [4.69, 9.17) is 5.11 Å². The SMILES string of the molecule is C[C@H](CSC(=O)c1ccccc1)C(=O)N1CCCC1C(=O)O. The number of rotatable bonds is 5. The lowest BCUT2D eigenvalue weighted by Crippen LogP contribution is -2.43. The standard InChI is InChI=1S/C16H19NO4S/c1-11(10-22-16(21)12-6-3-2-4-7-12)14(18)17-9-5-8-13(17)15(19)20/h2-4,6-7,11,13H,5,8-10H2,1H3,(H,19,20)/t11-,13?/m1/s1. The van der Waals surface area contributed by atoms with E-state index in [0.29, 0.717) is 30.7 Å². The fraction of sp³-hybridized carbons (Fsp3) is 0.438. The van der Waals surface area contributed by atoms with Crippen LogP contribution in [0.3, 0.4) is 0 Å². The monoisotopic (exact) mass is 321 g/mol. The average Bonchev–Trinajstić information content (AvgIpc) is 3.02. The molecule has 1 amide bonds. The molecule has 0 aromatic heterocycles. The highest BCUT2D eigenvalue weighted by atomic mass is 32.2. The van der Waals surface area contributed by atoms with E-state index in [1.165, 1.54) is 4.90 Å². The van der Waals surface area contributed by atoms with Gasteiger partial charge in [0, 0.05) is 23.8 Å². The number of aliphatic carboxylic acids is 1. The number of carbonyl (C=O) groups excluding carboxylic acids is 2. The molecule has 0 aliphatic carbocycles. The third kappa shape index (κ3) is 3.88. The van der Waals surface area contributed by atoms with Gasteiger partial charge in [0.1, 0.15) is 6.04 Å². The molecule has 6 heteroatoms. The molecule has 0 bridgehead atoms. The highest BCUT2D eigenvalue weighted by molar-refractivity contribution is 8.14. The molecule has 1 aromatic rings. The largest absolute Gasteiger partial charge is 0.480 e. The van der Waals surface area contributed by atoms with Crippen molar-refractivity contribution < 1.29 is 19.5 Å². The summed E-state index contributed by atoms with van der Waals surface area (Å²) in [5, 5.41) is 9.06. The lowest BCUT2D eigenvalue weighted by molar-refractivity contribution is -0.149. The molecule has 1 aliphatic rings. The predicted octanol–water partition coefficient (Wildman–Crippen LogP) is 2.27. The second-order valence-corrected chi connectivity index (χ2v) is 6.39. The van der Waals surface area contributed by atoms with Crippen molar-refractivity contribution >= 4 is 28.8 Å². The van der Waals surface area contributed by atoms with E-state index in [1.807, 2.05) is 6.07 Å². The summed E-state index contributed by atoms with van der Waals surface area (Å²) >= 11 is 1.10. The minimum Gasteiger partial charge on any atom is -0.480 e. The van der Waals surface area contributed by atoms with Crippen LogP contribution in [0.25, 0.3) is 0 Å². The molecule has 1 unspecified atom stereocenters. The number of hydrogen-bond acceptors (Lipinski definition) is 4. The van der Waals surface area contributed by atoms with Crippen molar-refractivity contribution in [1.29, 1.82) is 0 Å². The van der Waals surface area contributed by atoms with Crippen LogP contribution in [0.5, 0.6) is 0 Å². The molecule has 118 valence electrons. The van der Waals surface area contributed by atoms with Crippen LogP contribution in [0.1, 0.15) is 30.1 Å². The van der Waals surface area contributed by atoms with Crippen molar-refractivity contribution in [2.45, 2.75) is 25.8 Å². The summed E-state index contributed by atoms with van der Waals surface area (Å²) in [5.41, 5.74) is 0.608. The minimum atomic E-state index is -0.953. The van der Waals surface area contributed by atoms with Gasteiger partial charge in [0.2, 0.25) is 11.0 Å². The molecule has 2 atom stereocenters. The van der Waals surface area contributed by atoms with E-state index in [-0.39, 0.29) is 16.9 Å². The van der Waals surface area contributed by atoms with Gasteiger partial charge < -0.3 is 10.0 Å². The first-order valence-corrected chi connectivity index (χ1v) is 8.24. The number of nitrogens with zero attached hydrogens (tertiary/aromatic N) is 1. The average molecular weight is 321 g/mol. The number of benzene rings is 1. The Labute approximate surface area is 133 Å². The molecule has 1 aliphatic heterocycles. The lowest BCUT2D eigenvalue weighted by Gasteiger charge is -2.24. The number of hydrogen-bond donors (Lipinski definition) is 1. The van der Waals surface area contributed by atoms with E-state index in [2.05, 4.69) is 0 Å². The maximum absolute atomic E-state index is 12.3. The summed E-state index contributed by atoms with van der Waals surface area (Å²) in [6.45, 7) is 2.22. The molecule has 22 heavy (non-hydrogen) atoms. The van der Waals surface area contributed by atoms with Crippen LogP contribution in [0.2, 0.25) is 0 Å². The molecule has 1 heterocycles. The summed E-state index contributed by atoms with van der Waals surface area (Å²) in [6, 6.07) is 8.19. The van der Waals surface area contributed by atoms with Crippen molar-refractivity contribution in [2.24, 2.45) is 5.92 Å². The predicted molar refractivity (Wildman–Crippen MR) is 84.8 cm³/mol. The van der Waals surface area contributed by atoms with Gasteiger partial charge in [-0.1, -0.05) is 49.0 Å². The summed E-state index contributed by atoms with van der Waals surface area (Å²) < 4.78 is 0. The van der Waals surface area contributed by atoms with Crippen LogP contribution in [-0.2, 0) is 9.59 Å². The van der Waals surface area contributed by atoms with Crippen molar-refractivity contribution in [3.63, 3.8) is 0 Å². The molecule has 0 saturated carbocycles. The lowest BCUT2D eigenvalue weighted by atomic mass is 10.1. The number of amides is 1. The molecule has 1 aromatic carbocycles. The molecule has 1 N–H and O–H groups in total. The van der Waals surface area contributed by atoms with Crippen molar-refractivity contribution in [2.75, 3.05) is 12.3 Å². The van der Waals surface area contributed by atoms with Gasteiger partial charge >= 0.3 is 5.97 Å². The van der Waals surface area contributed by atoms with Gasteiger partial charge in [-0.15, -0.1) is 0 Å². The molecule has 0 spiro atoms. The van der Waals surface area contributed by atoms with Gasteiger partial charge in [0.25, 0.3) is 0 Å². The Morgan fingerprint density at radius 1 is 1.32 bits per heavy atom. The Morgan fingerprint density at radius 2 is 2.00 bits per heavy atom. The third-order valence-electron chi connectivity index (χ3n) is 3.72. The zero-order valence-corrected chi connectivity index (χ0v) is 13.2. The smallest absolute Gasteiger partial charge is 0.326 e. The number of carboxylic acids is 1. The van der Waals surface area contributed by atoms with Crippen LogP contribution in [0.15, 0.2) is 30.3 Å². The maximum Gasteiger partial charge on any atom is 0.326 e. The number of likely N-dealkylation sites (tertiary alicyclic amines) is 1. The Bertz CT molecular complexity index is 561. The first-order valence-electron chi connectivity index (χ1n) is 7.26. The molecule has 1 saturated heterocycles. The first kappa shape index (κ1) is 16.5. The van der Waals surface area contributed by atoms with Crippen LogP contribution >= 0.6 is 11.8 Å². The normalized spacial score (nSPS) is 19.0. The summed E-state index contributed by atoms with van der Waals surface area (Å²) in [5.74, 6) is -1.16. The van der Waals surface area contributed by atoms with E-state index < -0.39 is 12.0 Å². The molecule has 0 radical (unpaired) electrons. The van der Waals surface area contributed by atoms with Crippen molar-refractivity contribution in [3.8, 4) is 0 Å². The van der Waals surface area contributed by atoms with Crippen LogP contribution in [0, 0.1) is 5.92 Å². The van der Waals surface area contributed by atoms with Gasteiger partial charge in [-0.2, -0.15) is 0 Å². The Hall–Kier alpha value is -1.82. The summed E-state index contributed by atoms with van der Waals surface area (Å²) in [6.07, 6.45) is 1.22. The van der Waals surface area contributed by atoms with E-state index in [9.17, 15) is 14.4 Å². The van der Waals surface area contributed by atoms with Gasteiger partial charge in [-0.3, -0.25) is 9.59 Å². The zero-order chi connectivity index (χ0) is 16.1. The number of thioether (sulfide) groups is 1. The van der Waals surface area contributed by atoms with E-state index in [0.717, 1.165) is 11.8 Å². The fourth-order valence-electron chi connectivity index (χ4n) is 2.50. The van der Waals surface area contributed by atoms with Gasteiger partial charge in [0.05, 0.1) is 0 Å². The second-order valence-electron chi connectivity index (χ2n) is 5.39. The highest BCUT2D eigenvalue weighted by Gasteiger charge is 2.35. The topological polar surface area (TPSA) is 74.7 Å². The zero-order valence-electron chi connectivity index (χ0n) is 12.4. The third-order valence-corrected chi connectivity index (χ3v) is 4.88. The summed E-state index contributed by atoms with van der Waals surface area (Å²) in [4.78, 5) is 36.9. The van der Waals surface area contributed by atoms with Crippen molar-refractivity contribution in [3.05, 3.63) is 35.9 Å². The Kier molecular flexibility index (Phi) is 5.60. The van der Waals surface area contributed by atoms with Gasteiger partial charge in [0.15, 0.2) is 0 Å². The molecule has 1 fully saturated rings. The maximum atomic E-state index is 12.3. The highest BCUT2D eigenvalue weighted by Crippen LogP contribution is 2.22. The number of carbonyl (C=O) groups is 3. The Morgan fingerprint density at radius 3 is 2.64 bits per heavy atom. The van der Waals surface area contributed by atoms with Crippen LogP contribution < -0.4 is 0 Å². The van der Waals surface area contributed by atoms with Crippen LogP contribution in [-0.4, -0.2) is 45.3 Å². The quantitative estimate of drug-likeness (QED) is 0.900. The van der Waals surface area contributed by atoms with E-state index in [1.54, 1.807) is 31.2 Å². The second kappa shape index (κ2) is 7.45.